The largest absolute Gasteiger partial charge is 0.492 e. The highest BCUT2D eigenvalue weighted by atomic mass is 127. The highest BCUT2D eigenvalue weighted by Crippen LogP contribution is 2.33. The molecule has 0 aliphatic heterocycles. The molecule has 1 aromatic heterocycles. The van der Waals surface area contributed by atoms with Crippen LogP contribution in [0.2, 0.25) is 0 Å². The van der Waals surface area contributed by atoms with Crippen molar-refractivity contribution in [2.24, 2.45) is 0 Å². The fraction of sp³-hybridized carbons (Fsp3) is 0.188. The van der Waals surface area contributed by atoms with Gasteiger partial charge in [0.15, 0.2) is 0 Å². The molecule has 22 heavy (non-hydrogen) atoms. The molecule has 4 nitrogen and oxygen atoms in total. The number of likely N-dealkylation sites (N-methyl/N-ethyl adjacent to an activating group) is 1. The number of rotatable bonds is 5. The summed E-state index contributed by atoms with van der Waals surface area (Å²) >= 11 is 2.20. The molecule has 0 unspecified atom stereocenters. The Bertz CT molecular complexity index is 803. The van der Waals surface area contributed by atoms with Gasteiger partial charge in [-0.2, -0.15) is 5.10 Å². The normalized spacial score (nSPS) is 11.0. The lowest BCUT2D eigenvalue weighted by atomic mass is 10.0. The van der Waals surface area contributed by atoms with Crippen LogP contribution in [0.15, 0.2) is 36.4 Å². The SMILES string of the molecule is CNCCOc1ccc(F)cc1-c1ccc2n[nH]c(I)c2c1. The van der Waals surface area contributed by atoms with Crippen LogP contribution in [0.5, 0.6) is 5.75 Å². The summed E-state index contributed by atoms with van der Waals surface area (Å²) in [6, 6.07) is 10.4. The van der Waals surface area contributed by atoms with Gasteiger partial charge in [-0.1, -0.05) is 6.07 Å². The first-order valence-electron chi connectivity index (χ1n) is 6.90. The van der Waals surface area contributed by atoms with Crippen molar-refractivity contribution in [1.29, 1.82) is 0 Å². The number of hydrogen-bond donors (Lipinski definition) is 2. The molecule has 0 saturated heterocycles. The molecule has 0 amide bonds. The van der Waals surface area contributed by atoms with Crippen molar-refractivity contribution in [2.75, 3.05) is 20.2 Å². The number of nitrogens with one attached hydrogen (secondary N) is 2. The van der Waals surface area contributed by atoms with Gasteiger partial charge >= 0.3 is 0 Å². The zero-order chi connectivity index (χ0) is 15.5. The lowest BCUT2D eigenvalue weighted by molar-refractivity contribution is 0.319. The van der Waals surface area contributed by atoms with E-state index in [-0.39, 0.29) is 5.82 Å². The number of halogens is 2. The lowest BCUT2D eigenvalue weighted by Gasteiger charge is -2.12. The zero-order valence-corrected chi connectivity index (χ0v) is 14.1. The summed E-state index contributed by atoms with van der Waals surface area (Å²) in [5.41, 5.74) is 2.54. The quantitative estimate of drug-likeness (QED) is 0.499. The van der Waals surface area contributed by atoms with Gasteiger partial charge in [0.1, 0.15) is 21.9 Å². The molecule has 0 spiro atoms. The number of aromatic amines is 1. The molecule has 0 saturated carbocycles. The minimum Gasteiger partial charge on any atom is -0.492 e. The Morgan fingerprint density at radius 2 is 2.14 bits per heavy atom. The maximum absolute atomic E-state index is 13.7. The number of nitrogens with zero attached hydrogens (tertiary/aromatic N) is 1. The Balaban J connectivity index is 2.03. The molecule has 0 atom stereocenters. The maximum Gasteiger partial charge on any atom is 0.127 e. The molecule has 0 aliphatic rings. The second kappa shape index (κ2) is 6.62. The third-order valence-corrected chi connectivity index (χ3v) is 4.19. The smallest absolute Gasteiger partial charge is 0.127 e. The molecule has 2 N–H and O–H groups in total. The van der Waals surface area contributed by atoms with E-state index in [1.54, 1.807) is 6.07 Å². The molecule has 6 heteroatoms. The number of hydrogen-bond acceptors (Lipinski definition) is 3. The predicted octanol–water partition coefficient (Wildman–Crippen LogP) is 3.57. The van der Waals surface area contributed by atoms with E-state index in [4.69, 9.17) is 4.74 Å². The van der Waals surface area contributed by atoms with Crippen molar-refractivity contribution in [3.63, 3.8) is 0 Å². The van der Waals surface area contributed by atoms with Crippen molar-refractivity contribution < 1.29 is 9.13 Å². The first-order chi connectivity index (χ1) is 10.7. The molecule has 1 heterocycles. The second-order valence-corrected chi connectivity index (χ2v) is 5.94. The molecular formula is C16H15FIN3O. The third kappa shape index (κ3) is 3.07. The first kappa shape index (κ1) is 15.2. The maximum atomic E-state index is 13.7. The van der Waals surface area contributed by atoms with Crippen LogP contribution in [-0.2, 0) is 0 Å². The first-order valence-corrected chi connectivity index (χ1v) is 7.98. The van der Waals surface area contributed by atoms with Crippen LogP contribution >= 0.6 is 22.6 Å². The van der Waals surface area contributed by atoms with Crippen molar-refractivity contribution in [2.45, 2.75) is 0 Å². The summed E-state index contributed by atoms with van der Waals surface area (Å²) in [6.45, 7) is 1.26. The zero-order valence-electron chi connectivity index (χ0n) is 12.0. The Morgan fingerprint density at radius 3 is 2.95 bits per heavy atom. The van der Waals surface area contributed by atoms with Crippen molar-refractivity contribution in [1.82, 2.24) is 15.5 Å². The van der Waals surface area contributed by atoms with E-state index in [0.29, 0.717) is 12.4 Å². The minimum atomic E-state index is -0.280. The number of aromatic nitrogens is 2. The number of H-pyrrole nitrogens is 1. The van der Waals surface area contributed by atoms with Crippen LogP contribution in [0.3, 0.4) is 0 Å². The summed E-state index contributed by atoms with van der Waals surface area (Å²) in [5.74, 6) is 0.396. The molecule has 3 rings (SSSR count). The summed E-state index contributed by atoms with van der Waals surface area (Å²) in [5, 5.41) is 11.2. The summed E-state index contributed by atoms with van der Waals surface area (Å²) in [7, 11) is 1.86. The molecule has 0 aliphatic carbocycles. The van der Waals surface area contributed by atoms with E-state index in [1.807, 2.05) is 25.2 Å². The van der Waals surface area contributed by atoms with E-state index < -0.39 is 0 Å². The van der Waals surface area contributed by atoms with Crippen LogP contribution < -0.4 is 10.1 Å². The number of benzene rings is 2. The predicted molar refractivity (Wildman–Crippen MR) is 93.6 cm³/mol. The molecule has 0 fully saturated rings. The van der Waals surface area contributed by atoms with E-state index in [1.165, 1.54) is 12.1 Å². The topological polar surface area (TPSA) is 49.9 Å². The Morgan fingerprint density at radius 1 is 1.27 bits per heavy atom. The standard InChI is InChI=1S/C16H15FIN3O/c1-19-6-7-22-15-5-3-11(17)9-12(15)10-2-4-14-13(8-10)16(18)21-20-14/h2-5,8-9,19H,6-7H2,1H3,(H,20,21). The Hall–Kier alpha value is -1.67. The Kier molecular flexibility index (Phi) is 4.58. The number of ether oxygens (including phenoxy) is 1. The van der Waals surface area contributed by atoms with E-state index in [0.717, 1.165) is 32.3 Å². The fourth-order valence-corrected chi connectivity index (χ4v) is 2.82. The molecule has 0 bridgehead atoms. The number of fused-ring (bicyclic) bond motifs is 1. The van der Waals surface area contributed by atoms with Gasteiger partial charge in [-0.05, 0) is 65.5 Å². The van der Waals surface area contributed by atoms with Crippen LogP contribution in [0.25, 0.3) is 22.0 Å². The van der Waals surface area contributed by atoms with Gasteiger partial charge in [-0.15, -0.1) is 0 Å². The fourth-order valence-electron chi connectivity index (χ4n) is 2.26. The monoisotopic (exact) mass is 411 g/mol. The third-order valence-electron chi connectivity index (χ3n) is 3.37. The van der Waals surface area contributed by atoms with Crippen LogP contribution in [0, 0.1) is 9.52 Å². The summed E-state index contributed by atoms with van der Waals surface area (Å²) in [4.78, 5) is 0. The van der Waals surface area contributed by atoms with Gasteiger partial charge in [0.25, 0.3) is 0 Å². The van der Waals surface area contributed by atoms with Gasteiger partial charge < -0.3 is 10.1 Å². The van der Waals surface area contributed by atoms with Gasteiger partial charge in [-0.25, -0.2) is 4.39 Å². The van der Waals surface area contributed by atoms with E-state index in [2.05, 4.69) is 38.1 Å². The van der Waals surface area contributed by atoms with Crippen molar-refractivity contribution in [3.8, 4) is 16.9 Å². The molecule has 3 aromatic rings. The average molecular weight is 411 g/mol. The molecule has 0 radical (unpaired) electrons. The Labute approximate surface area is 141 Å². The van der Waals surface area contributed by atoms with Crippen molar-refractivity contribution >= 4 is 33.5 Å². The van der Waals surface area contributed by atoms with Gasteiger partial charge in [0.2, 0.25) is 0 Å². The van der Waals surface area contributed by atoms with E-state index in [9.17, 15) is 4.39 Å². The molecule has 114 valence electrons. The van der Waals surface area contributed by atoms with Crippen LogP contribution in [0.1, 0.15) is 0 Å². The van der Waals surface area contributed by atoms with E-state index >= 15 is 0 Å². The second-order valence-electron chi connectivity index (χ2n) is 4.86. The van der Waals surface area contributed by atoms with Crippen LogP contribution in [0.4, 0.5) is 4.39 Å². The summed E-state index contributed by atoms with van der Waals surface area (Å²) in [6.07, 6.45) is 0. The minimum absolute atomic E-state index is 0.280. The molecule has 2 aromatic carbocycles. The lowest BCUT2D eigenvalue weighted by Crippen LogP contribution is -2.16. The highest BCUT2D eigenvalue weighted by molar-refractivity contribution is 14.1. The summed E-state index contributed by atoms with van der Waals surface area (Å²) < 4.78 is 20.4. The van der Waals surface area contributed by atoms with Gasteiger partial charge in [0.05, 0.1) is 5.52 Å². The van der Waals surface area contributed by atoms with Gasteiger partial charge in [0, 0.05) is 17.5 Å². The van der Waals surface area contributed by atoms with Crippen LogP contribution in [-0.4, -0.2) is 30.4 Å². The van der Waals surface area contributed by atoms with Crippen molar-refractivity contribution in [3.05, 3.63) is 45.9 Å². The highest BCUT2D eigenvalue weighted by Gasteiger charge is 2.11. The molecular weight excluding hydrogens is 396 g/mol. The van der Waals surface area contributed by atoms with Gasteiger partial charge in [-0.3, -0.25) is 5.10 Å². The average Bonchev–Trinajstić information content (AvgIpc) is 2.90.